The number of carbonyl (C=O) groups is 1. The Morgan fingerprint density at radius 3 is 2.48 bits per heavy atom. The summed E-state index contributed by atoms with van der Waals surface area (Å²) >= 11 is 0. The number of piperidine rings is 1. The monoisotopic (exact) mass is 362 g/mol. The van der Waals surface area contributed by atoms with Gasteiger partial charge in [0.05, 0.1) is 12.0 Å². The van der Waals surface area contributed by atoms with Gasteiger partial charge in [0, 0.05) is 24.8 Å². The second kappa shape index (κ2) is 7.26. The number of ether oxygens (including phenoxy) is 1. The molecule has 1 saturated heterocycles. The van der Waals surface area contributed by atoms with Gasteiger partial charge >= 0.3 is 12.1 Å². The Balaban J connectivity index is 2.16. The number of nitro benzene ring substituents is 1. The van der Waals surface area contributed by atoms with Gasteiger partial charge < -0.3 is 14.7 Å². The summed E-state index contributed by atoms with van der Waals surface area (Å²) in [5.41, 5.74) is -2.08. The topological polar surface area (TPSA) is 92.9 Å². The van der Waals surface area contributed by atoms with Crippen molar-refractivity contribution in [2.24, 2.45) is 5.92 Å². The lowest BCUT2D eigenvalue weighted by atomic mass is 9.91. The summed E-state index contributed by atoms with van der Waals surface area (Å²) in [6, 6.07) is 2.87. The van der Waals surface area contributed by atoms with Gasteiger partial charge in [-0.3, -0.25) is 10.1 Å². The smallest absolute Gasteiger partial charge is 0.423 e. The predicted octanol–water partition coefficient (Wildman–Crippen LogP) is 2.36. The summed E-state index contributed by atoms with van der Waals surface area (Å²) in [5, 5.41) is 20.6. The van der Waals surface area contributed by atoms with E-state index in [0.29, 0.717) is 25.9 Å². The lowest BCUT2D eigenvalue weighted by molar-refractivity contribution is -0.388. The Morgan fingerprint density at radius 2 is 2.00 bits per heavy atom. The maximum atomic E-state index is 13.0. The third kappa shape index (κ3) is 4.19. The first-order valence-corrected chi connectivity index (χ1v) is 7.51. The van der Waals surface area contributed by atoms with Crippen molar-refractivity contribution in [1.82, 2.24) is 0 Å². The molecule has 1 fully saturated rings. The number of rotatable bonds is 4. The van der Waals surface area contributed by atoms with Crippen LogP contribution in [0.5, 0.6) is 0 Å². The van der Waals surface area contributed by atoms with Crippen molar-refractivity contribution in [3.63, 3.8) is 0 Å². The second-order valence-electron chi connectivity index (χ2n) is 5.75. The Hall–Kier alpha value is -2.36. The molecule has 1 aliphatic rings. The lowest BCUT2D eigenvalue weighted by Crippen LogP contribution is -2.41. The number of aliphatic hydroxyl groups is 1. The van der Waals surface area contributed by atoms with E-state index >= 15 is 0 Å². The number of hydrogen-bond donors (Lipinski definition) is 1. The average molecular weight is 362 g/mol. The zero-order valence-electron chi connectivity index (χ0n) is 13.3. The highest BCUT2D eigenvalue weighted by Crippen LogP contribution is 2.39. The van der Waals surface area contributed by atoms with Gasteiger partial charge in [-0.25, -0.2) is 4.79 Å². The molecule has 0 amide bonds. The number of esters is 1. The Kier molecular flexibility index (Phi) is 5.51. The van der Waals surface area contributed by atoms with Crippen LogP contribution in [0.25, 0.3) is 0 Å². The van der Waals surface area contributed by atoms with Crippen LogP contribution in [0, 0.1) is 16.0 Å². The van der Waals surface area contributed by atoms with E-state index in [1.807, 2.05) is 0 Å². The quantitative estimate of drug-likeness (QED) is 0.502. The second-order valence-corrected chi connectivity index (χ2v) is 5.75. The molecule has 10 heteroatoms. The number of nitro groups is 1. The van der Waals surface area contributed by atoms with Crippen LogP contribution in [0.1, 0.15) is 18.4 Å². The average Bonchev–Trinajstić information content (AvgIpc) is 2.59. The molecule has 0 aliphatic carbocycles. The highest BCUT2D eigenvalue weighted by Gasteiger charge is 2.39. The Bertz CT molecular complexity index is 657. The van der Waals surface area contributed by atoms with Crippen molar-refractivity contribution in [1.29, 1.82) is 0 Å². The van der Waals surface area contributed by atoms with E-state index in [-0.39, 0.29) is 11.6 Å². The minimum absolute atomic E-state index is 0.212. The molecule has 1 N–H and O–H groups in total. The van der Waals surface area contributed by atoms with E-state index in [0.717, 1.165) is 19.2 Å². The summed E-state index contributed by atoms with van der Waals surface area (Å²) in [4.78, 5) is 22.7. The zero-order valence-corrected chi connectivity index (χ0v) is 13.3. The number of halogens is 3. The molecule has 2 rings (SSSR count). The highest BCUT2D eigenvalue weighted by molar-refractivity contribution is 5.74. The number of hydrogen-bond acceptors (Lipinski definition) is 6. The third-order valence-corrected chi connectivity index (χ3v) is 4.28. The van der Waals surface area contributed by atoms with Crippen molar-refractivity contribution in [2.75, 3.05) is 25.1 Å². The van der Waals surface area contributed by atoms with Crippen molar-refractivity contribution in [3.8, 4) is 0 Å². The first-order valence-electron chi connectivity index (χ1n) is 7.51. The normalized spacial score (nSPS) is 17.2. The van der Waals surface area contributed by atoms with E-state index in [9.17, 15) is 33.2 Å². The van der Waals surface area contributed by atoms with Gasteiger partial charge in [-0.2, -0.15) is 13.2 Å². The molecule has 0 saturated carbocycles. The van der Waals surface area contributed by atoms with Crippen LogP contribution in [0.4, 0.5) is 24.5 Å². The summed E-state index contributed by atoms with van der Waals surface area (Å²) in [6.45, 7) is 0.627. The summed E-state index contributed by atoms with van der Waals surface area (Å²) in [6.07, 6.45) is -5.34. The maximum Gasteiger partial charge on any atom is 0.423 e. The molecule has 1 heterocycles. The van der Waals surface area contributed by atoms with Gasteiger partial charge in [0.2, 0.25) is 0 Å². The van der Waals surface area contributed by atoms with Crippen LogP contribution in [-0.4, -0.2) is 42.3 Å². The molecule has 1 aliphatic heterocycles. The molecule has 1 aromatic carbocycles. The van der Waals surface area contributed by atoms with Crippen LogP contribution in [0.15, 0.2) is 18.2 Å². The van der Waals surface area contributed by atoms with Gasteiger partial charge in [-0.15, -0.1) is 0 Å². The molecule has 25 heavy (non-hydrogen) atoms. The van der Waals surface area contributed by atoms with E-state index < -0.39 is 34.4 Å². The zero-order chi connectivity index (χ0) is 18.8. The fraction of sp³-hybridized carbons (Fsp3) is 0.533. The van der Waals surface area contributed by atoms with Gasteiger partial charge in [0.25, 0.3) is 5.69 Å². The summed E-state index contributed by atoms with van der Waals surface area (Å²) in [7, 11) is 1.16. The number of methoxy groups -OCH3 is 1. The maximum absolute atomic E-state index is 13.0. The van der Waals surface area contributed by atoms with Crippen LogP contribution in [0.2, 0.25) is 0 Å². The largest absolute Gasteiger partial charge is 0.467 e. The van der Waals surface area contributed by atoms with Gasteiger partial charge in [-0.1, -0.05) is 0 Å². The van der Waals surface area contributed by atoms with E-state index in [2.05, 4.69) is 4.74 Å². The number of aliphatic hydroxyl groups excluding tert-OH is 1. The van der Waals surface area contributed by atoms with Crippen molar-refractivity contribution < 1.29 is 32.7 Å². The molecule has 0 spiro atoms. The van der Waals surface area contributed by atoms with Crippen LogP contribution in [0.3, 0.4) is 0 Å². The van der Waals surface area contributed by atoms with Crippen LogP contribution < -0.4 is 4.90 Å². The molecular formula is C15H17F3N2O5. The van der Waals surface area contributed by atoms with Crippen LogP contribution >= 0.6 is 0 Å². The molecule has 0 radical (unpaired) electrons. The van der Waals surface area contributed by atoms with E-state index in [1.165, 1.54) is 6.07 Å². The molecule has 1 aromatic rings. The number of nitrogens with zero attached hydrogens (tertiary/aromatic N) is 2. The molecule has 7 nitrogen and oxygen atoms in total. The number of anilines is 1. The minimum atomic E-state index is -4.84. The minimum Gasteiger partial charge on any atom is -0.467 e. The van der Waals surface area contributed by atoms with Gasteiger partial charge in [0.15, 0.2) is 6.10 Å². The molecular weight excluding hydrogens is 345 g/mol. The van der Waals surface area contributed by atoms with Crippen molar-refractivity contribution >= 4 is 17.3 Å². The molecule has 0 bridgehead atoms. The summed E-state index contributed by atoms with van der Waals surface area (Å²) in [5.74, 6) is -1.09. The summed E-state index contributed by atoms with van der Waals surface area (Å²) < 4.78 is 43.6. The number of alkyl halides is 3. The molecule has 1 atom stereocenters. The standard InChI is InChI=1S/C15H17F3N2O5/c1-25-14(22)13(21)9-4-6-19(7-5-9)10-2-3-12(20(23)24)11(8-10)15(16,17)18/h2-3,8-9,13,21H,4-7H2,1H3. The first kappa shape index (κ1) is 19.0. The first-order chi connectivity index (χ1) is 11.6. The third-order valence-electron chi connectivity index (χ3n) is 4.28. The van der Waals surface area contributed by atoms with Gasteiger partial charge in [0.1, 0.15) is 5.56 Å². The molecule has 0 aromatic heterocycles. The van der Waals surface area contributed by atoms with Crippen LogP contribution in [-0.2, 0) is 15.7 Å². The fourth-order valence-corrected chi connectivity index (χ4v) is 2.89. The lowest BCUT2D eigenvalue weighted by Gasteiger charge is -2.35. The van der Waals surface area contributed by atoms with Crippen molar-refractivity contribution in [3.05, 3.63) is 33.9 Å². The molecule has 1 unspecified atom stereocenters. The van der Waals surface area contributed by atoms with Gasteiger partial charge in [-0.05, 0) is 30.9 Å². The number of carbonyl (C=O) groups excluding carboxylic acids is 1. The fourth-order valence-electron chi connectivity index (χ4n) is 2.89. The predicted molar refractivity (Wildman–Crippen MR) is 81.1 cm³/mol. The van der Waals surface area contributed by atoms with E-state index in [1.54, 1.807) is 4.90 Å². The van der Waals surface area contributed by atoms with E-state index in [4.69, 9.17) is 0 Å². The number of benzene rings is 1. The highest BCUT2D eigenvalue weighted by atomic mass is 19.4. The van der Waals surface area contributed by atoms with Crippen molar-refractivity contribution in [2.45, 2.75) is 25.1 Å². The Morgan fingerprint density at radius 1 is 1.40 bits per heavy atom. The Labute approximate surface area is 141 Å². The SMILES string of the molecule is COC(=O)C(O)C1CCN(c2ccc([N+](=O)[O-])c(C(F)(F)F)c2)CC1. The molecule has 138 valence electrons.